The van der Waals surface area contributed by atoms with Gasteiger partial charge in [0, 0.05) is 10.2 Å². The second-order valence-electron chi connectivity index (χ2n) is 4.08. The molecule has 2 heterocycles. The molecule has 0 unspecified atom stereocenters. The molecule has 102 valence electrons. The van der Waals surface area contributed by atoms with E-state index < -0.39 is 0 Å². The molecule has 0 saturated carbocycles. The van der Waals surface area contributed by atoms with Crippen molar-refractivity contribution < 1.29 is 4.42 Å². The molecule has 0 aliphatic heterocycles. The molecule has 0 aliphatic rings. The summed E-state index contributed by atoms with van der Waals surface area (Å²) in [6, 6.07) is 11.9. The lowest BCUT2D eigenvalue weighted by atomic mass is 10.2. The monoisotopic (exact) mass is 350 g/mol. The van der Waals surface area contributed by atoms with Crippen LogP contribution in [0.2, 0.25) is 0 Å². The van der Waals surface area contributed by atoms with Crippen molar-refractivity contribution in [3.63, 3.8) is 0 Å². The van der Waals surface area contributed by atoms with Crippen molar-refractivity contribution in [3.05, 3.63) is 58.5 Å². The molecule has 5 nitrogen and oxygen atoms in total. The van der Waals surface area contributed by atoms with Gasteiger partial charge in [0.15, 0.2) is 0 Å². The van der Waals surface area contributed by atoms with Crippen molar-refractivity contribution in [2.45, 2.75) is 17.5 Å². The third-order valence-corrected chi connectivity index (χ3v) is 4.48. The molecule has 1 aromatic carbocycles. The molecule has 0 radical (unpaired) electrons. The van der Waals surface area contributed by atoms with E-state index in [2.05, 4.69) is 37.5 Å². The van der Waals surface area contributed by atoms with Crippen molar-refractivity contribution in [3.8, 4) is 0 Å². The Morgan fingerprint density at radius 1 is 1.20 bits per heavy atom. The van der Waals surface area contributed by atoms with Crippen molar-refractivity contribution in [2.24, 2.45) is 0 Å². The lowest BCUT2D eigenvalue weighted by Gasteiger charge is -2.04. The number of furan rings is 1. The summed E-state index contributed by atoms with van der Waals surface area (Å²) in [4.78, 5) is 0. The predicted octanol–water partition coefficient (Wildman–Crippen LogP) is 3.37. The van der Waals surface area contributed by atoms with Crippen LogP contribution in [0.5, 0.6) is 0 Å². The second-order valence-corrected chi connectivity index (χ2v) is 5.88. The van der Waals surface area contributed by atoms with Crippen LogP contribution in [0.4, 0.5) is 0 Å². The maximum absolute atomic E-state index is 5.31. The van der Waals surface area contributed by atoms with Crippen LogP contribution in [0.1, 0.15) is 11.3 Å². The van der Waals surface area contributed by atoms with E-state index in [1.165, 1.54) is 5.56 Å². The normalized spacial score (nSPS) is 10.8. The minimum Gasteiger partial charge on any atom is -0.467 e. The van der Waals surface area contributed by atoms with E-state index in [1.807, 2.05) is 30.3 Å². The average molecular weight is 351 g/mol. The van der Waals surface area contributed by atoms with Gasteiger partial charge in [-0.2, -0.15) is 0 Å². The maximum atomic E-state index is 5.31. The standard InChI is InChI=1S/C13H11BrN4OS/c14-12-6-2-1-4-10(12)9-20-13-15-16-17-18(13)8-11-5-3-7-19-11/h1-7H,8-9H2. The maximum Gasteiger partial charge on any atom is 0.210 e. The largest absolute Gasteiger partial charge is 0.467 e. The Kier molecular flexibility index (Phi) is 4.17. The summed E-state index contributed by atoms with van der Waals surface area (Å²) in [7, 11) is 0. The Balaban J connectivity index is 1.69. The summed E-state index contributed by atoms with van der Waals surface area (Å²) >= 11 is 5.14. The van der Waals surface area contributed by atoms with E-state index in [9.17, 15) is 0 Å². The van der Waals surface area contributed by atoms with Gasteiger partial charge in [0.05, 0.1) is 6.26 Å². The molecule has 2 aromatic heterocycles. The Labute approximate surface area is 128 Å². The summed E-state index contributed by atoms with van der Waals surface area (Å²) in [5, 5.41) is 12.5. The van der Waals surface area contributed by atoms with Gasteiger partial charge in [-0.25, -0.2) is 4.68 Å². The third kappa shape index (κ3) is 3.10. The molecule has 3 aromatic rings. The molecule has 0 spiro atoms. The minimum absolute atomic E-state index is 0.540. The summed E-state index contributed by atoms with van der Waals surface area (Å²) in [6.45, 7) is 0.540. The molecule has 0 atom stereocenters. The van der Waals surface area contributed by atoms with Crippen molar-refractivity contribution >= 4 is 27.7 Å². The number of aromatic nitrogens is 4. The average Bonchev–Trinajstić information content (AvgIpc) is 3.10. The van der Waals surface area contributed by atoms with Gasteiger partial charge < -0.3 is 4.42 Å². The van der Waals surface area contributed by atoms with Gasteiger partial charge in [0.2, 0.25) is 5.16 Å². The second kappa shape index (κ2) is 6.23. The molecule has 20 heavy (non-hydrogen) atoms. The number of hydrogen-bond acceptors (Lipinski definition) is 5. The lowest BCUT2D eigenvalue weighted by molar-refractivity contribution is 0.462. The molecule has 7 heteroatoms. The van der Waals surface area contributed by atoms with Crippen LogP contribution in [0.3, 0.4) is 0 Å². The third-order valence-electron chi connectivity index (χ3n) is 2.70. The van der Waals surface area contributed by atoms with E-state index in [0.29, 0.717) is 6.54 Å². The number of rotatable bonds is 5. The molecule has 0 bridgehead atoms. The highest BCUT2D eigenvalue weighted by Gasteiger charge is 2.09. The smallest absolute Gasteiger partial charge is 0.210 e. The molecular formula is C13H11BrN4OS. The van der Waals surface area contributed by atoms with Crippen molar-refractivity contribution in [1.82, 2.24) is 20.2 Å². The first-order valence-electron chi connectivity index (χ1n) is 5.97. The molecular weight excluding hydrogens is 340 g/mol. The fourth-order valence-corrected chi connectivity index (χ4v) is 3.20. The first kappa shape index (κ1) is 13.4. The Bertz CT molecular complexity index is 683. The first-order chi connectivity index (χ1) is 9.83. The Morgan fingerprint density at radius 3 is 2.90 bits per heavy atom. The molecule has 0 amide bonds. The Hall–Kier alpha value is -1.60. The lowest BCUT2D eigenvalue weighted by Crippen LogP contribution is -2.03. The van der Waals surface area contributed by atoms with Crippen LogP contribution >= 0.6 is 27.7 Å². The quantitative estimate of drug-likeness (QED) is 0.660. The zero-order valence-electron chi connectivity index (χ0n) is 10.4. The van der Waals surface area contributed by atoms with Crippen molar-refractivity contribution in [2.75, 3.05) is 0 Å². The van der Waals surface area contributed by atoms with Gasteiger partial charge >= 0.3 is 0 Å². The highest BCUT2D eigenvalue weighted by atomic mass is 79.9. The zero-order valence-corrected chi connectivity index (χ0v) is 12.8. The Morgan fingerprint density at radius 2 is 2.10 bits per heavy atom. The number of halogens is 1. The minimum atomic E-state index is 0.540. The number of benzene rings is 1. The van der Waals surface area contributed by atoms with E-state index in [1.54, 1.807) is 22.7 Å². The van der Waals surface area contributed by atoms with Gasteiger partial charge in [-0.05, 0) is 34.2 Å². The van der Waals surface area contributed by atoms with Gasteiger partial charge in [-0.1, -0.05) is 45.9 Å². The number of tetrazole rings is 1. The van der Waals surface area contributed by atoms with E-state index in [-0.39, 0.29) is 0 Å². The van der Waals surface area contributed by atoms with Crippen LogP contribution in [0, 0.1) is 0 Å². The summed E-state index contributed by atoms with van der Waals surface area (Å²) in [6.07, 6.45) is 1.65. The van der Waals surface area contributed by atoms with Gasteiger partial charge in [-0.15, -0.1) is 5.10 Å². The van der Waals surface area contributed by atoms with Crippen LogP contribution in [0.15, 0.2) is 56.7 Å². The highest BCUT2D eigenvalue weighted by molar-refractivity contribution is 9.10. The SMILES string of the molecule is Brc1ccccc1CSc1nnnn1Cc1ccco1. The summed E-state index contributed by atoms with van der Waals surface area (Å²) in [5.74, 6) is 1.64. The van der Waals surface area contributed by atoms with Gasteiger partial charge in [0.25, 0.3) is 0 Å². The van der Waals surface area contributed by atoms with E-state index in [0.717, 1.165) is 21.1 Å². The van der Waals surface area contributed by atoms with E-state index >= 15 is 0 Å². The molecule has 3 rings (SSSR count). The fourth-order valence-electron chi connectivity index (χ4n) is 1.71. The fraction of sp³-hybridized carbons (Fsp3) is 0.154. The van der Waals surface area contributed by atoms with Crippen molar-refractivity contribution in [1.29, 1.82) is 0 Å². The van der Waals surface area contributed by atoms with Crippen LogP contribution in [0.25, 0.3) is 0 Å². The number of hydrogen-bond donors (Lipinski definition) is 0. The van der Waals surface area contributed by atoms with E-state index in [4.69, 9.17) is 4.42 Å². The van der Waals surface area contributed by atoms with Crippen LogP contribution in [-0.4, -0.2) is 20.2 Å². The van der Waals surface area contributed by atoms with Gasteiger partial charge in [-0.3, -0.25) is 0 Å². The topological polar surface area (TPSA) is 56.7 Å². The highest BCUT2D eigenvalue weighted by Crippen LogP contribution is 2.25. The summed E-state index contributed by atoms with van der Waals surface area (Å²) < 4.78 is 8.14. The number of nitrogens with zero attached hydrogens (tertiary/aromatic N) is 4. The van der Waals surface area contributed by atoms with Gasteiger partial charge in [0.1, 0.15) is 12.3 Å². The molecule has 0 fully saturated rings. The number of thioether (sulfide) groups is 1. The molecule has 0 saturated heterocycles. The summed E-state index contributed by atoms with van der Waals surface area (Å²) in [5.41, 5.74) is 1.21. The van der Waals surface area contributed by atoms with Crippen LogP contribution in [-0.2, 0) is 12.3 Å². The van der Waals surface area contributed by atoms with Crippen LogP contribution < -0.4 is 0 Å². The molecule has 0 aliphatic carbocycles. The zero-order chi connectivity index (χ0) is 13.8. The molecule has 0 N–H and O–H groups in total. The predicted molar refractivity (Wildman–Crippen MR) is 79.3 cm³/mol. The first-order valence-corrected chi connectivity index (χ1v) is 7.75.